The lowest BCUT2D eigenvalue weighted by Gasteiger charge is -2.39. The first kappa shape index (κ1) is 11.8. The number of nitrogens with one attached hydrogen (secondary N) is 1. The van der Waals surface area contributed by atoms with Gasteiger partial charge >= 0.3 is 0 Å². The van der Waals surface area contributed by atoms with Gasteiger partial charge < -0.3 is 4.98 Å². The highest BCUT2D eigenvalue weighted by Gasteiger charge is 2.25. The Kier molecular flexibility index (Phi) is 3.13. The lowest BCUT2D eigenvalue weighted by molar-refractivity contribution is 0.112. The number of fused-ring (bicyclic) bond motifs is 1. The minimum absolute atomic E-state index is 0.609. The predicted octanol–water partition coefficient (Wildman–Crippen LogP) is 4.10. The van der Waals surface area contributed by atoms with E-state index in [1.165, 1.54) is 42.3 Å². The van der Waals surface area contributed by atoms with Gasteiger partial charge in [0.1, 0.15) is 0 Å². The van der Waals surface area contributed by atoms with Crippen molar-refractivity contribution >= 4 is 10.9 Å². The standard InChI is InChI=1S/C16H22N2/c1-12(2)18-10-4-3-5-16(18)14-6-7-15-13(11-14)8-9-17-15/h6-9,11-12,16-17H,3-5,10H2,1-2H3/t16-/m1/s1. The molecule has 2 aromatic rings. The molecule has 18 heavy (non-hydrogen) atoms. The molecule has 0 spiro atoms. The maximum absolute atomic E-state index is 3.27. The average Bonchev–Trinajstić information content (AvgIpc) is 2.85. The number of aromatic nitrogens is 1. The molecular weight excluding hydrogens is 220 g/mol. The molecule has 1 fully saturated rings. The fourth-order valence-electron chi connectivity index (χ4n) is 3.21. The van der Waals surface area contributed by atoms with Gasteiger partial charge in [0.2, 0.25) is 0 Å². The first-order valence-corrected chi connectivity index (χ1v) is 7.08. The van der Waals surface area contributed by atoms with E-state index in [0.717, 1.165) is 0 Å². The van der Waals surface area contributed by atoms with Gasteiger partial charge in [-0.05, 0) is 62.4 Å². The molecule has 0 bridgehead atoms. The van der Waals surface area contributed by atoms with E-state index in [-0.39, 0.29) is 0 Å². The highest BCUT2D eigenvalue weighted by molar-refractivity contribution is 5.80. The van der Waals surface area contributed by atoms with Crippen molar-refractivity contribution in [3.05, 3.63) is 36.0 Å². The summed E-state index contributed by atoms with van der Waals surface area (Å²) in [6, 6.07) is 10.3. The predicted molar refractivity (Wildman–Crippen MR) is 76.7 cm³/mol. The van der Waals surface area contributed by atoms with Gasteiger partial charge in [0.15, 0.2) is 0 Å². The van der Waals surface area contributed by atoms with Gasteiger partial charge in [0.25, 0.3) is 0 Å². The van der Waals surface area contributed by atoms with Gasteiger partial charge in [-0.3, -0.25) is 4.90 Å². The SMILES string of the molecule is CC(C)N1CCCC[C@@H]1c1ccc2[nH]ccc2c1. The summed E-state index contributed by atoms with van der Waals surface area (Å²) in [6.45, 7) is 5.87. The third-order valence-corrected chi connectivity index (χ3v) is 4.17. The molecule has 1 aliphatic rings. The van der Waals surface area contributed by atoms with Crippen LogP contribution in [0.15, 0.2) is 30.5 Å². The number of aromatic amines is 1. The Morgan fingerprint density at radius 2 is 2.11 bits per heavy atom. The van der Waals surface area contributed by atoms with Gasteiger partial charge in [-0.2, -0.15) is 0 Å². The van der Waals surface area contributed by atoms with Crippen LogP contribution in [0.1, 0.15) is 44.7 Å². The van der Waals surface area contributed by atoms with Crippen molar-refractivity contribution in [3.63, 3.8) is 0 Å². The minimum atomic E-state index is 0.609. The lowest BCUT2D eigenvalue weighted by atomic mass is 9.93. The summed E-state index contributed by atoms with van der Waals surface area (Å²) in [4.78, 5) is 5.92. The first-order chi connectivity index (χ1) is 8.75. The molecule has 1 aromatic carbocycles. The van der Waals surface area contributed by atoms with Crippen LogP contribution in [0.25, 0.3) is 10.9 Å². The molecule has 0 radical (unpaired) electrons. The average molecular weight is 242 g/mol. The second-order valence-electron chi connectivity index (χ2n) is 5.67. The minimum Gasteiger partial charge on any atom is -0.361 e. The molecule has 1 aromatic heterocycles. The fourth-order valence-corrected chi connectivity index (χ4v) is 3.21. The molecule has 1 atom stereocenters. The van der Waals surface area contributed by atoms with E-state index in [9.17, 15) is 0 Å². The molecule has 0 aliphatic carbocycles. The van der Waals surface area contributed by atoms with E-state index in [0.29, 0.717) is 12.1 Å². The highest BCUT2D eigenvalue weighted by Crippen LogP contribution is 2.33. The molecule has 2 heteroatoms. The number of benzene rings is 1. The molecule has 96 valence electrons. The third-order valence-electron chi connectivity index (χ3n) is 4.17. The smallest absolute Gasteiger partial charge is 0.0454 e. The van der Waals surface area contributed by atoms with Crippen molar-refractivity contribution in [3.8, 4) is 0 Å². The monoisotopic (exact) mass is 242 g/mol. The van der Waals surface area contributed by atoms with E-state index >= 15 is 0 Å². The van der Waals surface area contributed by atoms with Crippen molar-refractivity contribution in [1.29, 1.82) is 0 Å². The summed E-state index contributed by atoms with van der Waals surface area (Å²) in [5.74, 6) is 0. The van der Waals surface area contributed by atoms with Crippen molar-refractivity contribution in [1.82, 2.24) is 9.88 Å². The Labute approximate surface area is 109 Å². The molecular formula is C16H22N2. The molecule has 1 saturated heterocycles. The van der Waals surface area contributed by atoms with E-state index in [2.05, 4.69) is 48.0 Å². The van der Waals surface area contributed by atoms with Crippen LogP contribution in [-0.4, -0.2) is 22.5 Å². The number of H-pyrrole nitrogens is 1. The quantitative estimate of drug-likeness (QED) is 0.840. The molecule has 0 saturated carbocycles. The zero-order valence-corrected chi connectivity index (χ0v) is 11.3. The Balaban J connectivity index is 1.95. The third kappa shape index (κ3) is 2.05. The topological polar surface area (TPSA) is 19.0 Å². The van der Waals surface area contributed by atoms with Crippen molar-refractivity contribution in [2.45, 2.75) is 45.2 Å². The number of nitrogens with zero attached hydrogens (tertiary/aromatic N) is 1. The molecule has 1 aliphatic heterocycles. The van der Waals surface area contributed by atoms with Crippen LogP contribution in [0.5, 0.6) is 0 Å². The number of hydrogen-bond donors (Lipinski definition) is 1. The van der Waals surface area contributed by atoms with E-state index < -0.39 is 0 Å². The van der Waals surface area contributed by atoms with Gasteiger partial charge in [0, 0.05) is 23.8 Å². The maximum Gasteiger partial charge on any atom is 0.0454 e. The van der Waals surface area contributed by atoms with Gasteiger partial charge in [-0.1, -0.05) is 12.5 Å². The zero-order valence-electron chi connectivity index (χ0n) is 11.3. The van der Waals surface area contributed by atoms with Crippen LogP contribution >= 0.6 is 0 Å². The van der Waals surface area contributed by atoms with E-state index in [1.807, 2.05) is 6.20 Å². The summed E-state index contributed by atoms with van der Waals surface area (Å²) in [6.07, 6.45) is 6.03. The summed E-state index contributed by atoms with van der Waals surface area (Å²) >= 11 is 0. The Morgan fingerprint density at radius 1 is 1.22 bits per heavy atom. The van der Waals surface area contributed by atoms with E-state index in [1.54, 1.807) is 0 Å². The first-order valence-electron chi connectivity index (χ1n) is 7.08. The number of likely N-dealkylation sites (tertiary alicyclic amines) is 1. The molecule has 1 N–H and O–H groups in total. The second kappa shape index (κ2) is 4.77. The largest absolute Gasteiger partial charge is 0.361 e. The Hall–Kier alpha value is -1.28. The number of piperidine rings is 1. The molecule has 0 unspecified atom stereocenters. The van der Waals surface area contributed by atoms with Crippen LogP contribution in [0.4, 0.5) is 0 Å². The maximum atomic E-state index is 3.27. The van der Waals surface area contributed by atoms with Gasteiger partial charge in [-0.25, -0.2) is 0 Å². The summed E-state index contributed by atoms with van der Waals surface area (Å²) in [5.41, 5.74) is 2.72. The highest BCUT2D eigenvalue weighted by atomic mass is 15.2. The lowest BCUT2D eigenvalue weighted by Crippen LogP contribution is -2.38. The zero-order chi connectivity index (χ0) is 12.5. The van der Waals surface area contributed by atoms with Crippen LogP contribution in [0.2, 0.25) is 0 Å². The second-order valence-corrected chi connectivity index (χ2v) is 5.67. The van der Waals surface area contributed by atoms with E-state index in [4.69, 9.17) is 0 Å². The van der Waals surface area contributed by atoms with Crippen LogP contribution in [0, 0.1) is 0 Å². The van der Waals surface area contributed by atoms with Gasteiger partial charge in [0.05, 0.1) is 0 Å². The normalized spacial score (nSPS) is 21.8. The Morgan fingerprint density at radius 3 is 2.94 bits per heavy atom. The Bertz CT molecular complexity index is 527. The summed E-state index contributed by atoms with van der Waals surface area (Å²) in [5, 5.41) is 1.33. The van der Waals surface area contributed by atoms with Crippen LogP contribution < -0.4 is 0 Å². The summed E-state index contributed by atoms with van der Waals surface area (Å²) in [7, 11) is 0. The van der Waals surface area contributed by atoms with Crippen molar-refractivity contribution < 1.29 is 0 Å². The van der Waals surface area contributed by atoms with Crippen molar-refractivity contribution in [2.75, 3.05) is 6.54 Å². The van der Waals surface area contributed by atoms with Crippen LogP contribution in [0.3, 0.4) is 0 Å². The fraction of sp³-hybridized carbons (Fsp3) is 0.500. The van der Waals surface area contributed by atoms with Gasteiger partial charge in [-0.15, -0.1) is 0 Å². The molecule has 2 heterocycles. The van der Waals surface area contributed by atoms with Crippen molar-refractivity contribution in [2.24, 2.45) is 0 Å². The number of rotatable bonds is 2. The molecule has 3 rings (SSSR count). The molecule has 0 amide bonds. The number of hydrogen-bond acceptors (Lipinski definition) is 1. The molecule has 2 nitrogen and oxygen atoms in total. The summed E-state index contributed by atoms with van der Waals surface area (Å²) < 4.78 is 0. The van der Waals surface area contributed by atoms with Crippen LogP contribution in [-0.2, 0) is 0 Å².